The zero-order valence-electron chi connectivity index (χ0n) is 13.4. The first kappa shape index (κ1) is 16.3. The van der Waals surface area contributed by atoms with E-state index in [4.69, 9.17) is 16.3 Å². The van der Waals surface area contributed by atoms with Gasteiger partial charge in [-0.3, -0.25) is 9.78 Å². The van der Waals surface area contributed by atoms with Gasteiger partial charge in [-0.05, 0) is 38.1 Å². The molecule has 0 aliphatic rings. The summed E-state index contributed by atoms with van der Waals surface area (Å²) in [6.07, 6.45) is -0.690. The van der Waals surface area contributed by atoms with Gasteiger partial charge in [0.05, 0.1) is 16.2 Å². The molecule has 0 unspecified atom stereocenters. The maximum Gasteiger partial charge on any atom is 0.265 e. The Morgan fingerprint density at radius 2 is 1.92 bits per heavy atom. The number of hydrogen-bond acceptors (Lipinski definition) is 3. The average Bonchev–Trinajstić information content (AvgIpc) is 2.57. The van der Waals surface area contributed by atoms with Gasteiger partial charge in [0.1, 0.15) is 5.75 Å². The summed E-state index contributed by atoms with van der Waals surface area (Å²) in [5.41, 5.74) is 2.32. The Balaban J connectivity index is 1.80. The molecule has 1 aromatic heterocycles. The van der Waals surface area contributed by atoms with E-state index >= 15 is 0 Å². The maximum absolute atomic E-state index is 12.4. The van der Waals surface area contributed by atoms with Gasteiger partial charge < -0.3 is 10.1 Å². The van der Waals surface area contributed by atoms with Crippen LogP contribution in [0.3, 0.4) is 0 Å². The lowest BCUT2D eigenvalue weighted by Crippen LogP contribution is -2.30. The summed E-state index contributed by atoms with van der Waals surface area (Å²) in [6.45, 7) is 3.60. The number of para-hydroxylation sites is 2. The predicted molar refractivity (Wildman–Crippen MR) is 96.7 cm³/mol. The third-order valence-electron chi connectivity index (χ3n) is 3.63. The predicted octanol–water partition coefficient (Wildman–Crippen LogP) is 4.60. The highest BCUT2D eigenvalue weighted by Gasteiger charge is 2.17. The Morgan fingerprint density at radius 3 is 2.71 bits per heavy atom. The fourth-order valence-corrected chi connectivity index (χ4v) is 2.54. The second-order valence-electron chi connectivity index (χ2n) is 5.51. The number of aryl methyl sites for hydroxylation is 1. The molecule has 122 valence electrons. The summed E-state index contributed by atoms with van der Waals surface area (Å²) in [6, 6.07) is 16.7. The number of nitrogens with zero attached hydrogens (tertiary/aromatic N) is 1. The van der Waals surface area contributed by atoms with E-state index in [1.165, 1.54) is 0 Å². The quantitative estimate of drug-likeness (QED) is 0.755. The van der Waals surface area contributed by atoms with Crippen molar-refractivity contribution in [3.8, 4) is 5.75 Å². The molecule has 1 atom stereocenters. The standard InChI is InChI=1S/C19H17ClN2O2/c1-12-10-11-14-6-5-8-16(18(14)21-12)22-19(23)13(2)24-17-9-4-3-7-15(17)20/h3-11,13H,1-2H3,(H,22,23)/t13-/m1/s1. The van der Waals surface area contributed by atoms with Gasteiger partial charge >= 0.3 is 0 Å². The van der Waals surface area contributed by atoms with Gasteiger partial charge in [0, 0.05) is 11.1 Å². The van der Waals surface area contributed by atoms with Crippen molar-refractivity contribution in [2.75, 3.05) is 5.32 Å². The van der Waals surface area contributed by atoms with Crippen LogP contribution in [-0.4, -0.2) is 17.0 Å². The van der Waals surface area contributed by atoms with Crippen LogP contribution >= 0.6 is 11.6 Å². The fraction of sp³-hybridized carbons (Fsp3) is 0.158. The molecule has 0 spiro atoms. The number of pyridine rings is 1. The number of ether oxygens (including phenoxy) is 1. The van der Waals surface area contributed by atoms with Crippen molar-refractivity contribution < 1.29 is 9.53 Å². The molecule has 1 amide bonds. The molecule has 2 aromatic carbocycles. The summed E-state index contributed by atoms with van der Waals surface area (Å²) in [7, 11) is 0. The Hall–Kier alpha value is -2.59. The van der Waals surface area contributed by atoms with Gasteiger partial charge in [-0.2, -0.15) is 0 Å². The summed E-state index contributed by atoms with van der Waals surface area (Å²) < 4.78 is 5.65. The SMILES string of the molecule is Cc1ccc2cccc(NC(=O)[C@@H](C)Oc3ccccc3Cl)c2n1. The number of amides is 1. The minimum atomic E-state index is -0.690. The van der Waals surface area contributed by atoms with Crippen molar-refractivity contribution in [3.05, 3.63) is 65.3 Å². The van der Waals surface area contributed by atoms with Gasteiger partial charge in [0.25, 0.3) is 5.91 Å². The second-order valence-corrected chi connectivity index (χ2v) is 5.92. The van der Waals surface area contributed by atoms with Crippen molar-refractivity contribution in [2.24, 2.45) is 0 Å². The van der Waals surface area contributed by atoms with E-state index in [2.05, 4.69) is 10.3 Å². The Bertz CT molecular complexity index is 895. The molecule has 0 bridgehead atoms. The third-order valence-corrected chi connectivity index (χ3v) is 3.94. The summed E-state index contributed by atoms with van der Waals surface area (Å²) in [4.78, 5) is 17.0. The highest BCUT2D eigenvalue weighted by molar-refractivity contribution is 6.32. The summed E-state index contributed by atoms with van der Waals surface area (Å²) in [5.74, 6) is 0.222. The van der Waals surface area contributed by atoms with Crippen LogP contribution in [0.15, 0.2) is 54.6 Å². The fourth-order valence-electron chi connectivity index (χ4n) is 2.36. The van der Waals surface area contributed by atoms with Crippen LogP contribution in [0.4, 0.5) is 5.69 Å². The zero-order chi connectivity index (χ0) is 17.1. The highest BCUT2D eigenvalue weighted by Crippen LogP contribution is 2.25. The number of hydrogen-bond donors (Lipinski definition) is 1. The van der Waals surface area contributed by atoms with Crippen molar-refractivity contribution in [2.45, 2.75) is 20.0 Å². The van der Waals surface area contributed by atoms with Crippen molar-refractivity contribution in [1.29, 1.82) is 0 Å². The van der Waals surface area contributed by atoms with Crippen molar-refractivity contribution >= 4 is 34.1 Å². The van der Waals surface area contributed by atoms with Gasteiger partial charge in [0.2, 0.25) is 0 Å². The molecule has 0 aliphatic carbocycles. The molecule has 0 saturated carbocycles. The maximum atomic E-state index is 12.4. The van der Waals surface area contributed by atoms with Crippen LogP contribution in [0.2, 0.25) is 5.02 Å². The highest BCUT2D eigenvalue weighted by atomic mass is 35.5. The Morgan fingerprint density at radius 1 is 1.12 bits per heavy atom. The molecule has 0 radical (unpaired) electrons. The van der Waals surface area contributed by atoms with Crippen LogP contribution < -0.4 is 10.1 Å². The van der Waals surface area contributed by atoms with Crippen molar-refractivity contribution in [1.82, 2.24) is 4.98 Å². The van der Waals surface area contributed by atoms with E-state index in [1.807, 2.05) is 49.4 Å². The average molecular weight is 341 g/mol. The first-order valence-corrected chi connectivity index (χ1v) is 8.01. The molecule has 0 aliphatic heterocycles. The molecule has 3 rings (SSSR count). The molecule has 0 fully saturated rings. The third kappa shape index (κ3) is 3.49. The van der Waals surface area contributed by atoms with Crippen LogP contribution in [0.5, 0.6) is 5.75 Å². The molecular weight excluding hydrogens is 324 g/mol. The van der Waals surface area contributed by atoms with Gasteiger partial charge in [-0.1, -0.05) is 41.9 Å². The molecule has 1 heterocycles. The number of halogens is 1. The van der Waals surface area contributed by atoms with E-state index in [9.17, 15) is 4.79 Å². The van der Waals surface area contributed by atoms with Crippen LogP contribution in [0.1, 0.15) is 12.6 Å². The van der Waals surface area contributed by atoms with Crippen LogP contribution in [0, 0.1) is 6.92 Å². The van der Waals surface area contributed by atoms with E-state index in [0.717, 1.165) is 16.6 Å². The lowest BCUT2D eigenvalue weighted by molar-refractivity contribution is -0.122. The molecule has 1 N–H and O–H groups in total. The van der Waals surface area contributed by atoms with Gasteiger partial charge in [-0.15, -0.1) is 0 Å². The topological polar surface area (TPSA) is 51.2 Å². The Labute approximate surface area is 145 Å². The van der Waals surface area contributed by atoms with Crippen LogP contribution in [-0.2, 0) is 4.79 Å². The number of rotatable bonds is 4. The monoisotopic (exact) mass is 340 g/mol. The minimum absolute atomic E-state index is 0.259. The first-order chi connectivity index (χ1) is 11.5. The molecule has 3 aromatic rings. The number of carbonyl (C=O) groups is 1. The van der Waals surface area contributed by atoms with Crippen molar-refractivity contribution in [3.63, 3.8) is 0 Å². The van der Waals surface area contributed by atoms with E-state index < -0.39 is 6.10 Å². The van der Waals surface area contributed by atoms with E-state index in [-0.39, 0.29) is 5.91 Å². The molecule has 0 saturated heterocycles. The molecule has 5 heteroatoms. The number of aromatic nitrogens is 1. The number of nitrogens with one attached hydrogen (secondary N) is 1. The second kappa shape index (κ2) is 6.89. The van der Waals surface area contributed by atoms with Crippen LogP contribution in [0.25, 0.3) is 10.9 Å². The lowest BCUT2D eigenvalue weighted by Gasteiger charge is -2.16. The minimum Gasteiger partial charge on any atom is -0.479 e. The molecular formula is C19H17ClN2O2. The lowest BCUT2D eigenvalue weighted by atomic mass is 10.1. The number of fused-ring (bicyclic) bond motifs is 1. The Kier molecular flexibility index (Phi) is 4.67. The van der Waals surface area contributed by atoms with Gasteiger partial charge in [0.15, 0.2) is 6.10 Å². The molecule has 4 nitrogen and oxygen atoms in total. The smallest absolute Gasteiger partial charge is 0.265 e. The summed E-state index contributed by atoms with van der Waals surface area (Å²) >= 11 is 6.06. The number of carbonyl (C=O) groups excluding carboxylic acids is 1. The van der Waals surface area contributed by atoms with Gasteiger partial charge in [-0.25, -0.2) is 0 Å². The largest absolute Gasteiger partial charge is 0.479 e. The molecule has 24 heavy (non-hydrogen) atoms. The van der Waals surface area contributed by atoms with E-state index in [1.54, 1.807) is 19.1 Å². The first-order valence-electron chi connectivity index (χ1n) is 7.63. The summed E-state index contributed by atoms with van der Waals surface area (Å²) in [5, 5.41) is 4.32. The number of benzene rings is 2. The zero-order valence-corrected chi connectivity index (χ0v) is 14.2. The number of anilines is 1. The van der Waals surface area contributed by atoms with E-state index in [0.29, 0.717) is 16.5 Å². The normalized spacial score (nSPS) is 12.0.